The van der Waals surface area contributed by atoms with Gasteiger partial charge in [0, 0.05) is 28.7 Å². The number of aromatic nitrogens is 2. The standard InChI is InChI=1S/C20H19N5O4/c1-12-9-13(2)22-20(21-12)23-15-6-4-5-14(10-15)19(26)24-17-8-7-16(25(27)28)11-18(17)29-3/h4-11H,1-3H3,(H,24,26)(H,21,22,23). The largest absolute Gasteiger partial charge is 0.494 e. The van der Waals surface area contributed by atoms with Crippen LogP contribution in [0.5, 0.6) is 5.75 Å². The van der Waals surface area contributed by atoms with Crippen molar-refractivity contribution in [3.05, 3.63) is 75.6 Å². The van der Waals surface area contributed by atoms with Crippen molar-refractivity contribution in [3.8, 4) is 5.75 Å². The van der Waals surface area contributed by atoms with Crippen molar-refractivity contribution in [2.24, 2.45) is 0 Å². The second kappa shape index (κ2) is 8.34. The van der Waals surface area contributed by atoms with Crippen LogP contribution in [0, 0.1) is 24.0 Å². The first-order chi connectivity index (χ1) is 13.9. The van der Waals surface area contributed by atoms with E-state index in [1.807, 2.05) is 19.9 Å². The molecule has 0 spiro atoms. The first-order valence-electron chi connectivity index (χ1n) is 8.69. The Morgan fingerprint density at radius 2 is 1.79 bits per heavy atom. The number of carbonyl (C=O) groups is 1. The van der Waals surface area contributed by atoms with Crippen LogP contribution in [-0.2, 0) is 0 Å². The molecule has 9 nitrogen and oxygen atoms in total. The SMILES string of the molecule is COc1cc([N+](=O)[O-])ccc1NC(=O)c1cccc(Nc2nc(C)cc(C)n2)c1. The first kappa shape index (κ1) is 19.7. The molecular weight excluding hydrogens is 374 g/mol. The first-order valence-corrected chi connectivity index (χ1v) is 8.69. The van der Waals surface area contributed by atoms with E-state index >= 15 is 0 Å². The lowest BCUT2D eigenvalue weighted by Gasteiger charge is -2.11. The van der Waals surface area contributed by atoms with Crippen molar-refractivity contribution in [1.82, 2.24) is 9.97 Å². The van der Waals surface area contributed by atoms with Gasteiger partial charge >= 0.3 is 0 Å². The number of rotatable bonds is 6. The minimum Gasteiger partial charge on any atom is -0.494 e. The Labute approximate surface area is 166 Å². The number of amides is 1. The topological polar surface area (TPSA) is 119 Å². The summed E-state index contributed by atoms with van der Waals surface area (Å²) in [5.41, 5.74) is 2.91. The van der Waals surface area contributed by atoms with Gasteiger partial charge in [0.25, 0.3) is 11.6 Å². The molecule has 0 atom stereocenters. The predicted molar refractivity (Wildman–Crippen MR) is 109 cm³/mol. The van der Waals surface area contributed by atoms with Gasteiger partial charge in [-0.05, 0) is 44.2 Å². The fraction of sp³-hybridized carbons (Fsp3) is 0.150. The Morgan fingerprint density at radius 1 is 1.07 bits per heavy atom. The number of hydrogen-bond donors (Lipinski definition) is 2. The fourth-order valence-corrected chi connectivity index (χ4v) is 2.74. The molecule has 2 N–H and O–H groups in total. The van der Waals surface area contributed by atoms with E-state index in [-0.39, 0.29) is 17.3 Å². The summed E-state index contributed by atoms with van der Waals surface area (Å²) in [4.78, 5) is 31.7. The smallest absolute Gasteiger partial charge is 0.273 e. The highest BCUT2D eigenvalue weighted by atomic mass is 16.6. The van der Waals surface area contributed by atoms with E-state index in [4.69, 9.17) is 4.74 Å². The molecule has 0 aliphatic carbocycles. The average Bonchev–Trinajstić information content (AvgIpc) is 2.67. The Hall–Kier alpha value is -4.01. The van der Waals surface area contributed by atoms with Gasteiger partial charge in [0.2, 0.25) is 5.95 Å². The second-order valence-electron chi connectivity index (χ2n) is 6.28. The lowest BCUT2D eigenvalue weighted by atomic mass is 10.1. The zero-order valence-electron chi connectivity index (χ0n) is 16.1. The molecule has 148 valence electrons. The molecule has 0 radical (unpaired) electrons. The third-order valence-electron chi connectivity index (χ3n) is 4.01. The molecular formula is C20H19N5O4. The third-order valence-corrected chi connectivity index (χ3v) is 4.01. The molecule has 0 bridgehead atoms. The lowest BCUT2D eigenvalue weighted by Crippen LogP contribution is -2.13. The van der Waals surface area contributed by atoms with Crippen LogP contribution < -0.4 is 15.4 Å². The van der Waals surface area contributed by atoms with Crippen molar-refractivity contribution in [2.75, 3.05) is 17.7 Å². The van der Waals surface area contributed by atoms with Crippen molar-refractivity contribution in [3.63, 3.8) is 0 Å². The number of carbonyl (C=O) groups excluding carboxylic acids is 1. The van der Waals surface area contributed by atoms with Crippen LogP contribution in [0.4, 0.5) is 23.0 Å². The molecule has 0 saturated carbocycles. The molecule has 0 aliphatic rings. The summed E-state index contributed by atoms with van der Waals surface area (Å²) in [6.45, 7) is 3.75. The molecule has 9 heteroatoms. The average molecular weight is 393 g/mol. The van der Waals surface area contributed by atoms with E-state index in [2.05, 4.69) is 20.6 Å². The van der Waals surface area contributed by atoms with Crippen LogP contribution in [0.1, 0.15) is 21.7 Å². The van der Waals surface area contributed by atoms with E-state index in [9.17, 15) is 14.9 Å². The van der Waals surface area contributed by atoms with Crippen LogP contribution in [0.3, 0.4) is 0 Å². The third kappa shape index (κ3) is 4.83. The number of nitrogens with one attached hydrogen (secondary N) is 2. The number of ether oxygens (including phenoxy) is 1. The van der Waals surface area contributed by atoms with Gasteiger partial charge in [0.05, 0.1) is 23.8 Å². The predicted octanol–water partition coefficient (Wildman–Crippen LogP) is 4.01. The number of hydrogen-bond acceptors (Lipinski definition) is 7. The van der Waals surface area contributed by atoms with E-state index in [0.717, 1.165) is 11.4 Å². The maximum atomic E-state index is 12.7. The number of nitrogens with zero attached hydrogens (tertiary/aromatic N) is 3. The summed E-state index contributed by atoms with van der Waals surface area (Å²) in [5.74, 6) is 0.254. The summed E-state index contributed by atoms with van der Waals surface area (Å²) >= 11 is 0. The van der Waals surface area contributed by atoms with Gasteiger partial charge in [-0.1, -0.05) is 6.07 Å². The molecule has 1 aromatic heterocycles. The van der Waals surface area contributed by atoms with Crippen LogP contribution in [-0.4, -0.2) is 27.9 Å². The van der Waals surface area contributed by atoms with Crippen LogP contribution in [0.2, 0.25) is 0 Å². The Kier molecular flexibility index (Phi) is 5.68. The maximum Gasteiger partial charge on any atom is 0.273 e. The summed E-state index contributed by atoms with van der Waals surface area (Å²) in [7, 11) is 1.38. The zero-order chi connectivity index (χ0) is 21.0. The number of nitro benzene ring substituents is 1. The fourth-order valence-electron chi connectivity index (χ4n) is 2.74. The highest BCUT2D eigenvalue weighted by Gasteiger charge is 2.15. The van der Waals surface area contributed by atoms with Gasteiger partial charge in [0.15, 0.2) is 0 Å². The normalized spacial score (nSPS) is 10.3. The molecule has 0 fully saturated rings. The van der Waals surface area contributed by atoms with Crippen LogP contribution in [0.25, 0.3) is 0 Å². The summed E-state index contributed by atoms with van der Waals surface area (Å²) < 4.78 is 5.15. The molecule has 29 heavy (non-hydrogen) atoms. The van der Waals surface area contributed by atoms with Crippen LogP contribution in [0.15, 0.2) is 48.5 Å². The maximum absolute atomic E-state index is 12.7. The van der Waals surface area contributed by atoms with Gasteiger partial charge in [0.1, 0.15) is 5.75 Å². The summed E-state index contributed by atoms with van der Waals surface area (Å²) in [6.07, 6.45) is 0. The van der Waals surface area contributed by atoms with Gasteiger partial charge in [-0.2, -0.15) is 0 Å². The van der Waals surface area contributed by atoms with Crippen molar-refractivity contribution in [2.45, 2.75) is 13.8 Å². The quantitative estimate of drug-likeness (QED) is 0.480. The number of anilines is 3. The number of aryl methyl sites for hydroxylation is 2. The minimum absolute atomic E-state index is 0.125. The number of methoxy groups -OCH3 is 1. The number of benzene rings is 2. The second-order valence-corrected chi connectivity index (χ2v) is 6.28. The molecule has 3 aromatic rings. The summed E-state index contributed by atoms with van der Waals surface area (Å²) in [5, 5.41) is 16.7. The monoisotopic (exact) mass is 393 g/mol. The highest BCUT2D eigenvalue weighted by Crippen LogP contribution is 2.29. The van der Waals surface area contributed by atoms with Gasteiger partial charge < -0.3 is 15.4 Å². The molecule has 3 rings (SSSR count). The van der Waals surface area contributed by atoms with E-state index in [0.29, 0.717) is 22.9 Å². The van der Waals surface area contributed by atoms with E-state index < -0.39 is 4.92 Å². The van der Waals surface area contributed by atoms with Crippen molar-refractivity contribution in [1.29, 1.82) is 0 Å². The molecule has 1 amide bonds. The Morgan fingerprint density at radius 3 is 2.45 bits per heavy atom. The minimum atomic E-state index is -0.529. The van der Waals surface area contributed by atoms with Gasteiger partial charge in [-0.25, -0.2) is 9.97 Å². The molecule has 0 unspecified atom stereocenters. The van der Waals surface area contributed by atoms with Crippen LogP contribution >= 0.6 is 0 Å². The van der Waals surface area contributed by atoms with Crippen molar-refractivity contribution >= 4 is 28.9 Å². The molecule has 2 aromatic carbocycles. The zero-order valence-corrected chi connectivity index (χ0v) is 16.1. The van der Waals surface area contributed by atoms with Gasteiger partial charge in [-0.15, -0.1) is 0 Å². The lowest BCUT2D eigenvalue weighted by molar-refractivity contribution is -0.384. The number of nitro groups is 1. The molecule has 0 aliphatic heterocycles. The Balaban J connectivity index is 1.80. The molecule has 1 heterocycles. The van der Waals surface area contributed by atoms with E-state index in [1.165, 1.54) is 25.3 Å². The Bertz CT molecular complexity index is 1060. The molecule has 0 saturated heterocycles. The van der Waals surface area contributed by atoms with Gasteiger partial charge in [-0.3, -0.25) is 14.9 Å². The number of non-ortho nitro benzene ring substituents is 1. The summed E-state index contributed by atoms with van der Waals surface area (Å²) in [6, 6.07) is 12.7. The van der Waals surface area contributed by atoms with E-state index in [1.54, 1.807) is 24.3 Å². The van der Waals surface area contributed by atoms with Crippen molar-refractivity contribution < 1.29 is 14.5 Å². The highest BCUT2D eigenvalue weighted by molar-refractivity contribution is 6.05.